The van der Waals surface area contributed by atoms with Gasteiger partial charge in [-0.05, 0) is 44.7 Å². The van der Waals surface area contributed by atoms with Gasteiger partial charge in [-0.3, -0.25) is 9.59 Å². The van der Waals surface area contributed by atoms with Gasteiger partial charge in [0, 0.05) is 24.8 Å². The molecule has 1 aliphatic heterocycles. The molecule has 28 heavy (non-hydrogen) atoms. The third-order valence-electron chi connectivity index (χ3n) is 4.88. The monoisotopic (exact) mass is 392 g/mol. The topological polar surface area (TPSA) is 72.3 Å². The summed E-state index contributed by atoms with van der Waals surface area (Å²) in [5.41, 5.74) is 0.654. The number of hydrogen-bond donors (Lipinski definition) is 2. The Morgan fingerprint density at radius 3 is 2.39 bits per heavy atom. The number of nitrogens with one attached hydrogen (secondary N) is 2. The second kappa shape index (κ2) is 10.9. The fourth-order valence-corrected chi connectivity index (χ4v) is 3.30. The van der Waals surface area contributed by atoms with Crippen LogP contribution in [0.5, 0.6) is 11.5 Å². The van der Waals surface area contributed by atoms with E-state index in [1.165, 1.54) is 0 Å². The lowest BCUT2D eigenvalue weighted by Crippen LogP contribution is -3.11. The molecular formula is C21H34N3O4+. The van der Waals surface area contributed by atoms with Crippen molar-refractivity contribution >= 4 is 17.5 Å². The molecule has 1 aliphatic rings. The van der Waals surface area contributed by atoms with Crippen molar-refractivity contribution in [1.82, 2.24) is 4.90 Å². The first kappa shape index (κ1) is 22.0. The number of carbonyl (C=O) groups is 2. The highest BCUT2D eigenvalue weighted by Gasteiger charge is 2.23. The summed E-state index contributed by atoms with van der Waals surface area (Å²) in [7, 11) is 1.87. The summed E-state index contributed by atoms with van der Waals surface area (Å²) in [5, 5.41) is 2.88. The highest BCUT2D eigenvalue weighted by Crippen LogP contribution is 2.30. The first-order chi connectivity index (χ1) is 13.4. The summed E-state index contributed by atoms with van der Waals surface area (Å²) in [5.74, 6) is 1.94. The molecule has 0 aromatic heterocycles. The van der Waals surface area contributed by atoms with Crippen LogP contribution in [0.25, 0.3) is 0 Å². The normalized spacial score (nSPS) is 15.8. The van der Waals surface area contributed by atoms with E-state index in [0.29, 0.717) is 42.9 Å². The van der Waals surface area contributed by atoms with Crippen molar-refractivity contribution in [2.75, 3.05) is 51.8 Å². The van der Waals surface area contributed by atoms with Gasteiger partial charge in [0.15, 0.2) is 24.6 Å². The Kier molecular flexibility index (Phi) is 8.57. The van der Waals surface area contributed by atoms with E-state index in [1.807, 2.05) is 25.8 Å². The van der Waals surface area contributed by atoms with Crippen LogP contribution >= 0.6 is 0 Å². The molecule has 2 amide bonds. The molecule has 156 valence electrons. The second-order valence-electron chi connectivity index (χ2n) is 7.45. The van der Waals surface area contributed by atoms with Crippen LogP contribution < -0.4 is 19.7 Å². The van der Waals surface area contributed by atoms with Gasteiger partial charge in [-0.2, -0.15) is 0 Å². The van der Waals surface area contributed by atoms with Crippen molar-refractivity contribution < 1.29 is 24.0 Å². The van der Waals surface area contributed by atoms with Crippen LogP contribution in [-0.4, -0.2) is 63.2 Å². The van der Waals surface area contributed by atoms with Crippen LogP contribution in [0.15, 0.2) is 18.2 Å². The molecule has 2 rings (SSSR count). The maximum Gasteiger partial charge on any atom is 0.279 e. The zero-order chi connectivity index (χ0) is 20.5. The molecule has 1 unspecified atom stereocenters. The number of benzene rings is 1. The van der Waals surface area contributed by atoms with Gasteiger partial charge in [0.25, 0.3) is 11.8 Å². The number of amides is 2. The number of rotatable bonds is 9. The first-order valence-electron chi connectivity index (χ1n) is 10.2. The molecular weight excluding hydrogens is 358 g/mol. The third-order valence-corrected chi connectivity index (χ3v) is 4.88. The number of likely N-dealkylation sites (N-methyl/N-ethyl adjacent to an activating group) is 1. The Balaban J connectivity index is 1.85. The number of piperidine rings is 1. The van der Waals surface area contributed by atoms with Gasteiger partial charge in [-0.25, -0.2) is 0 Å². The van der Waals surface area contributed by atoms with Gasteiger partial charge in [-0.15, -0.1) is 0 Å². The van der Waals surface area contributed by atoms with Crippen LogP contribution in [0, 0.1) is 5.92 Å². The standard InChI is InChI=1S/C21H33N3O4/c1-5-27-18-8-7-17(13-19(18)28-6-2)22-20(25)14-23(4)15-21(26)24-11-9-16(3)10-12-24/h7-8,13,16H,5-6,9-12,14-15H2,1-4H3,(H,22,25)/p+1. The number of carbonyl (C=O) groups excluding carboxylic acids is 2. The smallest absolute Gasteiger partial charge is 0.279 e. The summed E-state index contributed by atoms with van der Waals surface area (Å²) >= 11 is 0. The van der Waals surface area contributed by atoms with Crippen LogP contribution in [0.1, 0.15) is 33.6 Å². The highest BCUT2D eigenvalue weighted by molar-refractivity contribution is 5.92. The van der Waals surface area contributed by atoms with Gasteiger partial charge in [0.2, 0.25) is 0 Å². The fourth-order valence-electron chi connectivity index (χ4n) is 3.30. The molecule has 0 spiro atoms. The zero-order valence-electron chi connectivity index (χ0n) is 17.5. The van der Waals surface area contributed by atoms with E-state index in [9.17, 15) is 9.59 Å². The number of anilines is 1. The molecule has 1 aromatic rings. The largest absolute Gasteiger partial charge is 0.490 e. The average molecular weight is 393 g/mol. The minimum atomic E-state index is -0.135. The molecule has 1 aromatic carbocycles. The molecule has 7 heteroatoms. The zero-order valence-corrected chi connectivity index (χ0v) is 17.5. The van der Waals surface area contributed by atoms with Crippen molar-refractivity contribution in [3.8, 4) is 11.5 Å². The van der Waals surface area contributed by atoms with E-state index in [1.54, 1.807) is 18.2 Å². The number of ether oxygens (including phenoxy) is 2. The van der Waals surface area contributed by atoms with Crippen LogP contribution in [0.3, 0.4) is 0 Å². The Bertz CT molecular complexity index is 657. The average Bonchev–Trinajstić information content (AvgIpc) is 2.64. The maximum atomic E-state index is 12.4. The minimum absolute atomic E-state index is 0.122. The van der Waals surface area contributed by atoms with E-state index in [2.05, 4.69) is 12.2 Å². The minimum Gasteiger partial charge on any atom is -0.490 e. The molecule has 0 saturated carbocycles. The summed E-state index contributed by atoms with van der Waals surface area (Å²) in [6.45, 7) is 9.31. The maximum absolute atomic E-state index is 12.4. The molecule has 0 bridgehead atoms. The van der Waals surface area contributed by atoms with E-state index < -0.39 is 0 Å². The summed E-state index contributed by atoms with van der Waals surface area (Å²) in [6, 6.07) is 5.35. The van der Waals surface area contributed by atoms with Crippen LogP contribution in [0.4, 0.5) is 5.69 Å². The Hall–Kier alpha value is -2.28. The highest BCUT2D eigenvalue weighted by atomic mass is 16.5. The predicted molar refractivity (Wildman–Crippen MR) is 109 cm³/mol. The quantitative estimate of drug-likeness (QED) is 0.662. The first-order valence-corrected chi connectivity index (χ1v) is 10.2. The molecule has 7 nitrogen and oxygen atoms in total. The summed E-state index contributed by atoms with van der Waals surface area (Å²) < 4.78 is 11.1. The third kappa shape index (κ3) is 6.71. The Morgan fingerprint density at radius 2 is 1.75 bits per heavy atom. The Morgan fingerprint density at radius 1 is 1.11 bits per heavy atom. The van der Waals surface area contributed by atoms with Gasteiger partial charge in [-0.1, -0.05) is 6.92 Å². The molecule has 1 heterocycles. The van der Waals surface area contributed by atoms with Crippen molar-refractivity contribution in [3.05, 3.63) is 18.2 Å². The van der Waals surface area contributed by atoms with E-state index >= 15 is 0 Å². The fraction of sp³-hybridized carbons (Fsp3) is 0.619. The molecule has 2 N–H and O–H groups in total. The van der Waals surface area contributed by atoms with E-state index in [0.717, 1.165) is 30.8 Å². The number of nitrogens with zero attached hydrogens (tertiary/aromatic N) is 1. The van der Waals surface area contributed by atoms with Crippen molar-refractivity contribution in [2.45, 2.75) is 33.6 Å². The summed E-state index contributed by atoms with van der Waals surface area (Å²) in [6.07, 6.45) is 2.12. The molecule has 0 radical (unpaired) electrons. The Labute approximate surface area is 168 Å². The van der Waals surface area contributed by atoms with E-state index in [4.69, 9.17) is 9.47 Å². The van der Waals surface area contributed by atoms with Gasteiger partial charge < -0.3 is 24.6 Å². The predicted octanol–water partition coefficient (Wildman–Crippen LogP) is 1.20. The van der Waals surface area contributed by atoms with Crippen molar-refractivity contribution in [3.63, 3.8) is 0 Å². The van der Waals surface area contributed by atoms with Gasteiger partial charge >= 0.3 is 0 Å². The van der Waals surface area contributed by atoms with Gasteiger partial charge in [0.1, 0.15) is 0 Å². The van der Waals surface area contributed by atoms with Crippen molar-refractivity contribution in [2.24, 2.45) is 5.92 Å². The number of hydrogen-bond acceptors (Lipinski definition) is 4. The van der Waals surface area contributed by atoms with Crippen LogP contribution in [-0.2, 0) is 9.59 Å². The lowest BCUT2D eigenvalue weighted by atomic mass is 9.99. The second-order valence-corrected chi connectivity index (χ2v) is 7.45. The van der Waals surface area contributed by atoms with E-state index in [-0.39, 0.29) is 18.4 Å². The van der Waals surface area contributed by atoms with Crippen molar-refractivity contribution in [1.29, 1.82) is 0 Å². The molecule has 1 fully saturated rings. The van der Waals surface area contributed by atoms with Gasteiger partial charge in [0.05, 0.1) is 20.3 Å². The lowest BCUT2D eigenvalue weighted by Gasteiger charge is -2.30. The van der Waals surface area contributed by atoms with Crippen LogP contribution in [0.2, 0.25) is 0 Å². The SMILES string of the molecule is CCOc1ccc(NC(=O)C[NH+](C)CC(=O)N2CCC(C)CC2)cc1OCC. The number of likely N-dealkylation sites (tertiary alicyclic amines) is 1. The molecule has 1 atom stereocenters. The number of quaternary nitrogens is 1. The molecule has 1 saturated heterocycles. The summed E-state index contributed by atoms with van der Waals surface area (Å²) in [4.78, 5) is 27.6. The lowest BCUT2D eigenvalue weighted by molar-refractivity contribution is -0.862. The molecule has 0 aliphatic carbocycles.